The Kier molecular flexibility index (Phi) is 7.84. The van der Waals surface area contributed by atoms with Gasteiger partial charge in [-0.05, 0) is 56.9 Å². The molecule has 210 valence electrons. The van der Waals surface area contributed by atoms with Gasteiger partial charge in [0, 0.05) is 43.2 Å². The third-order valence-electron chi connectivity index (χ3n) is 8.58. The quantitative estimate of drug-likeness (QED) is 0.373. The molecule has 2 fully saturated rings. The minimum Gasteiger partial charge on any atom is -0.497 e. The molecule has 0 bridgehead atoms. The molecule has 0 saturated carbocycles. The van der Waals surface area contributed by atoms with Crippen molar-refractivity contribution in [2.75, 3.05) is 44.8 Å². The van der Waals surface area contributed by atoms with E-state index in [0.29, 0.717) is 44.8 Å². The molecule has 5 atom stereocenters. The molecule has 0 radical (unpaired) electrons. The molecule has 4 aliphatic rings. The van der Waals surface area contributed by atoms with Crippen molar-refractivity contribution in [2.45, 2.75) is 55.1 Å². The summed E-state index contributed by atoms with van der Waals surface area (Å²) < 4.78 is 3.86. The van der Waals surface area contributed by atoms with Gasteiger partial charge < -0.3 is 24.5 Å². The molecule has 39 heavy (non-hydrogen) atoms. The maximum atomic E-state index is 14.5. The fraction of sp³-hybridized carbons (Fsp3) is 0.567. The summed E-state index contributed by atoms with van der Waals surface area (Å²) in [6.07, 6.45) is 11.2. The zero-order chi connectivity index (χ0) is 27.8. The Morgan fingerprint density at radius 1 is 0.949 bits per heavy atom. The van der Waals surface area contributed by atoms with Crippen molar-refractivity contribution in [1.29, 1.82) is 0 Å². The lowest BCUT2D eigenvalue weighted by Crippen LogP contribution is -2.53. The topological polar surface area (TPSA) is 90.4 Å². The van der Waals surface area contributed by atoms with E-state index in [-0.39, 0.29) is 24.3 Å². The molecule has 5 rings (SSSR count). The number of thioether (sulfide) groups is 1. The summed E-state index contributed by atoms with van der Waals surface area (Å²) in [7, 11) is 1.61. The summed E-state index contributed by atoms with van der Waals surface area (Å²) in [5.74, 6) is -0.699. The number of aliphatic hydroxyl groups is 1. The van der Waals surface area contributed by atoms with Crippen LogP contribution in [0.3, 0.4) is 0 Å². The van der Waals surface area contributed by atoms with E-state index in [0.717, 1.165) is 18.5 Å². The molecule has 4 aliphatic heterocycles. The van der Waals surface area contributed by atoms with E-state index in [2.05, 4.69) is 32.1 Å². The van der Waals surface area contributed by atoms with Crippen LogP contribution in [0.2, 0.25) is 0 Å². The van der Waals surface area contributed by atoms with Gasteiger partial charge in [0.15, 0.2) is 0 Å². The van der Waals surface area contributed by atoms with Crippen molar-refractivity contribution in [3.05, 3.63) is 48.6 Å². The van der Waals surface area contributed by atoms with E-state index in [1.54, 1.807) is 28.7 Å². The molecule has 4 heterocycles. The number of carbonyl (C=O) groups is 3. The Bertz CT molecular complexity index is 1170. The number of fused-ring (bicyclic) bond motifs is 2. The molecule has 2 saturated heterocycles. The number of hydrogen-bond acceptors (Lipinski definition) is 6. The molecule has 0 aliphatic carbocycles. The minimum absolute atomic E-state index is 0.00469. The second kappa shape index (κ2) is 11.0. The van der Waals surface area contributed by atoms with Crippen LogP contribution in [0.25, 0.3) is 0 Å². The Morgan fingerprint density at radius 2 is 1.69 bits per heavy atom. The summed E-state index contributed by atoms with van der Waals surface area (Å²) >= 11 is 1.62. The average molecular weight is 554 g/mol. The summed E-state index contributed by atoms with van der Waals surface area (Å²) in [5.41, 5.74) is 0.743. The fourth-order valence-corrected chi connectivity index (χ4v) is 9.01. The summed E-state index contributed by atoms with van der Waals surface area (Å²) in [5, 5.41) is 9.28. The van der Waals surface area contributed by atoms with Crippen molar-refractivity contribution >= 4 is 35.2 Å². The van der Waals surface area contributed by atoms with Gasteiger partial charge in [-0.2, -0.15) is 0 Å². The number of unbranched alkanes of at least 4 members (excludes halogenated alkanes) is 2. The van der Waals surface area contributed by atoms with Crippen LogP contribution in [0, 0.1) is 11.8 Å². The lowest BCUT2D eigenvalue weighted by Gasteiger charge is -2.37. The predicted octanol–water partition coefficient (Wildman–Crippen LogP) is 3.26. The van der Waals surface area contributed by atoms with Crippen molar-refractivity contribution in [3.8, 4) is 5.75 Å². The third-order valence-corrected chi connectivity index (χ3v) is 10.4. The number of methoxy groups -OCH3 is 1. The monoisotopic (exact) mass is 553 g/mol. The molecular formula is C30H39N3O5S. The van der Waals surface area contributed by atoms with Crippen molar-refractivity contribution in [3.63, 3.8) is 0 Å². The van der Waals surface area contributed by atoms with E-state index in [9.17, 15) is 19.5 Å². The number of rotatable bonds is 9. The first kappa shape index (κ1) is 27.8. The van der Waals surface area contributed by atoms with E-state index in [1.807, 2.05) is 35.2 Å². The summed E-state index contributed by atoms with van der Waals surface area (Å²) in [6, 6.07) is 6.67. The van der Waals surface area contributed by atoms with Gasteiger partial charge in [0.1, 0.15) is 11.8 Å². The van der Waals surface area contributed by atoms with Gasteiger partial charge in [-0.15, -0.1) is 11.8 Å². The average Bonchev–Trinajstić information content (AvgIpc) is 3.19. The first-order chi connectivity index (χ1) is 18.8. The van der Waals surface area contributed by atoms with Gasteiger partial charge in [-0.3, -0.25) is 14.4 Å². The second-order valence-corrected chi connectivity index (χ2v) is 12.8. The molecule has 1 unspecified atom stereocenters. The van der Waals surface area contributed by atoms with Crippen LogP contribution in [0.1, 0.15) is 39.5 Å². The summed E-state index contributed by atoms with van der Waals surface area (Å²) in [6.45, 7) is 6.20. The zero-order valence-electron chi connectivity index (χ0n) is 23.0. The smallest absolute Gasteiger partial charge is 0.251 e. The van der Waals surface area contributed by atoms with Crippen LogP contribution < -0.4 is 9.64 Å². The van der Waals surface area contributed by atoms with E-state index in [4.69, 9.17) is 4.74 Å². The normalized spacial score (nSPS) is 31.7. The third kappa shape index (κ3) is 4.57. The second-order valence-electron chi connectivity index (χ2n) is 11.0. The molecule has 1 aromatic carbocycles. The molecule has 0 aromatic heterocycles. The van der Waals surface area contributed by atoms with Crippen LogP contribution in [-0.2, 0) is 14.4 Å². The van der Waals surface area contributed by atoms with Crippen LogP contribution in [0.15, 0.2) is 48.6 Å². The number of carbonyl (C=O) groups excluding carboxylic acids is 3. The largest absolute Gasteiger partial charge is 0.497 e. The van der Waals surface area contributed by atoms with E-state index in [1.165, 1.54) is 0 Å². The Morgan fingerprint density at radius 3 is 2.38 bits per heavy atom. The minimum atomic E-state index is -0.846. The maximum absolute atomic E-state index is 14.5. The van der Waals surface area contributed by atoms with Crippen LogP contribution in [0.5, 0.6) is 5.75 Å². The Hall–Kier alpha value is -2.78. The summed E-state index contributed by atoms with van der Waals surface area (Å²) in [4.78, 5) is 48.2. The Labute approximate surface area is 235 Å². The molecule has 1 spiro atoms. The molecule has 1 N–H and O–H groups in total. The molecular weight excluding hydrogens is 514 g/mol. The zero-order valence-corrected chi connectivity index (χ0v) is 23.9. The van der Waals surface area contributed by atoms with Crippen LogP contribution in [-0.4, -0.2) is 88.1 Å². The number of aliphatic hydroxyl groups excluding tert-OH is 1. The number of likely N-dealkylation sites (tertiary alicyclic amines) is 1. The number of hydrogen-bond donors (Lipinski definition) is 1. The number of anilines is 1. The highest BCUT2D eigenvalue weighted by Gasteiger charge is 2.73. The van der Waals surface area contributed by atoms with Gasteiger partial charge in [0.05, 0.1) is 23.7 Å². The van der Waals surface area contributed by atoms with Crippen LogP contribution in [0.4, 0.5) is 5.69 Å². The Balaban J connectivity index is 1.58. The fourth-order valence-electron chi connectivity index (χ4n) is 6.85. The SMILES string of the molecule is CCCN1CC=C[C@@]2(C)S[C@]34C=CCN(c5ccc(OC)cc5)C(=O)C3N(CCCCCO)C(=O)[C@@H]4[C@H]2C1=O. The maximum Gasteiger partial charge on any atom is 0.251 e. The van der Waals surface area contributed by atoms with Crippen molar-refractivity contribution < 1.29 is 24.2 Å². The molecule has 9 heteroatoms. The highest BCUT2D eigenvalue weighted by molar-refractivity contribution is 8.02. The highest BCUT2D eigenvalue weighted by atomic mass is 32.2. The van der Waals surface area contributed by atoms with E-state index >= 15 is 0 Å². The lowest BCUT2D eigenvalue weighted by atomic mass is 9.74. The first-order valence-electron chi connectivity index (χ1n) is 14.0. The molecule has 3 amide bonds. The van der Waals surface area contributed by atoms with Crippen molar-refractivity contribution in [1.82, 2.24) is 9.80 Å². The lowest BCUT2D eigenvalue weighted by molar-refractivity contribution is -0.143. The number of amides is 3. The van der Waals surface area contributed by atoms with Gasteiger partial charge in [0.2, 0.25) is 11.8 Å². The number of ether oxygens (including phenoxy) is 1. The molecule has 8 nitrogen and oxygen atoms in total. The highest BCUT2D eigenvalue weighted by Crippen LogP contribution is 2.65. The first-order valence-corrected chi connectivity index (χ1v) is 14.8. The van der Waals surface area contributed by atoms with Gasteiger partial charge in [0.25, 0.3) is 5.91 Å². The van der Waals surface area contributed by atoms with Gasteiger partial charge >= 0.3 is 0 Å². The van der Waals surface area contributed by atoms with Gasteiger partial charge in [-0.1, -0.05) is 31.2 Å². The number of benzene rings is 1. The number of nitrogens with zero attached hydrogens (tertiary/aromatic N) is 3. The van der Waals surface area contributed by atoms with E-state index < -0.39 is 27.4 Å². The molecule has 1 aromatic rings. The van der Waals surface area contributed by atoms with Crippen LogP contribution >= 0.6 is 11.8 Å². The van der Waals surface area contributed by atoms with Gasteiger partial charge in [-0.25, -0.2) is 0 Å². The standard InChI is InChI=1S/C30H39N3O5S/c1-4-16-31-17-8-14-29(2)23(26(31)35)24-27(36)33(18-6-5-7-20-34)25-28(37)32(19-9-15-30(24,25)39-29)21-10-12-22(38-3)13-11-21/h8-15,23-25,34H,4-7,16-20H2,1-3H3/t23-,24-,25?,29+,30-/m0/s1. The van der Waals surface area contributed by atoms with Crippen molar-refractivity contribution in [2.24, 2.45) is 11.8 Å². The predicted molar refractivity (Wildman–Crippen MR) is 153 cm³/mol.